The van der Waals surface area contributed by atoms with Gasteiger partial charge in [-0.2, -0.15) is 5.26 Å². The molecule has 6 rings (SSSR count). The van der Waals surface area contributed by atoms with E-state index in [2.05, 4.69) is 35.8 Å². The van der Waals surface area contributed by atoms with Gasteiger partial charge in [0.25, 0.3) is 0 Å². The van der Waals surface area contributed by atoms with Crippen LogP contribution in [-0.4, -0.2) is 62.2 Å². The van der Waals surface area contributed by atoms with E-state index in [4.69, 9.17) is 9.47 Å². The number of nitrogens with zero attached hydrogens (tertiary/aromatic N) is 3. The van der Waals surface area contributed by atoms with Crippen molar-refractivity contribution in [2.45, 2.75) is 64.5 Å². The molecule has 2 aliphatic heterocycles. The van der Waals surface area contributed by atoms with E-state index < -0.39 is 0 Å². The maximum atomic E-state index is 14.0. The second-order valence-corrected chi connectivity index (χ2v) is 11.9. The lowest BCUT2D eigenvalue weighted by Crippen LogP contribution is -2.49. The van der Waals surface area contributed by atoms with E-state index in [-0.39, 0.29) is 17.3 Å². The second kappa shape index (κ2) is 9.55. The molecule has 2 fully saturated rings. The molecule has 0 radical (unpaired) electrons. The van der Waals surface area contributed by atoms with Crippen LogP contribution in [0.2, 0.25) is 0 Å². The number of hydrogen-bond donors (Lipinski definition) is 0. The summed E-state index contributed by atoms with van der Waals surface area (Å²) < 4.78 is 11.9. The van der Waals surface area contributed by atoms with Crippen molar-refractivity contribution in [3.05, 3.63) is 63.7 Å². The molecular weight excluding hydrogens is 474 g/mol. The van der Waals surface area contributed by atoms with E-state index in [1.165, 1.54) is 0 Å². The van der Waals surface area contributed by atoms with Gasteiger partial charge in [-0.15, -0.1) is 0 Å². The normalized spacial score (nSPS) is 21.3. The molecule has 38 heavy (non-hydrogen) atoms. The summed E-state index contributed by atoms with van der Waals surface area (Å²) in [6, 6.07) is 12.8. The number of ether oxygens (including phenoxy) is 2. The van der Waals surface area contributed by atoms with Crippen LogP contribution in [0, 0.1) is 11.3 Å². The number of piperidine rings is 1. The van der Waals surface area contributed by atoms with Gasteiger partial charge in [-0.1, -0.05) is 19.9 Å². The lowest BCUT2D eigenvalue weighted by Gasteiger charge is -2.42. The number of carbonyl (C=O) groups excluding carboxylic acids is 1. The molecule has 4 aliphatic rings. The third-order valence-electron chi connectivity index (χ3n) is 8.90. The van der Waals surface area contributed by atoms with Gasteiger partial charge >= 0.3 is 0 Å². The molecule has 0 saturated carbocycles. The van der Waals surface area contributed by atoms with E-state index in [1.807, 2.05) is 38.1 Å². The minimum absolute atomic E-state index is 0.00998. The van der Waals surface area contributed by atoms with Gasteiger partial charge in [-0.05, 0) is 79.6 Å². The highest BCUT2D eigenvalue weighted by Crippen LogP contribution is 2.52. The van der Waals surface area contributed by atoms with E-state index in [0.29, 0.717) is 18.0 Å². The third kappa shape index (κ3) is 4.13. The Morgan fingerprint density at radius 2 is 1.79 bits per heavy atom. The summed E-state index contributed by atoms with van der Waals surface area (Å²) in [5.41, 5.74) is 7.29. The molecule has 0 bridgehead atoms. The summed E-state index contributed by atoms with van der Waals surface area (Å²) in [4.78, 5) is 19.1. The Morgan fingerprint density at radius 1 is 1.05 bits per heavy atom. The Morgan fingerprint density at radius 3 is 2.47 bits per heavy atom. The van der Waals surface area contributed by atoms with Gasteiger partial charge in [0.1, 0.15) is 5.75 Å². The van der Waals surface area contributed by atoms with Gasteiger partial charge in [0.05, 0.1) is 36.6 Å². The van der Waals surface area contributed by atoms with Crippen molar-refractivity contribution >= 4 is 17.0 Å². The Kier molecular flexibility index (Phi) is 6.32. The standard InChI is InChI=1S/C32H37N3O3/c1-20(2)38-29-17-25-26(18-28(29)35-9-7-23(8-10-35)34-11-13-37-14-12-34)32(3,4)27-16-22-15-21(19-33)5-6-24(22)30(27)31(25)36/h5-6,15,17-18,20,23H,7-14,16H2,1-4H3. The quantitative estimate of drug-likeness (QED) is 0.567. The van der Waals surface area contributed by atoms with Crippen LogP contribution in [0.3, 0.4) is 0 Å². The molecule has 2 saturated heterocycles. The molecular formula is C32H37N3O3. The number of hydrogen-bond acceptors (Lipinski definition) is 6. The molecule has 0 amide bonds. The number of allylic oxidation sites excluding steroid dienone is 2. The van der Waals surface area contributed by atoms with Crippen molar-refractivity contribution in [3.63, 3.8) is 0 Å². The fourth-order valence-corrected chi connectivity index (χ4v) is 6.87. The maximum Gasteiger partial charge on any atom is 0.194 e. The van der Waals surface area contributed by atoms with Gasteiger partial charge in [-0.25, -0.2) is 0 Å². The van der Waals surface area contributed by atoms with Crippen molar-refractivity contribution in [2.75, 3.05) is 44.3 Å². The summed E-state index contributed by atoms with van der Waals surface area (Å²) in [6.45, 7) is 14.2. The summed E-state index contributed by atoms with van der Waals surface area (Å²) in [6.07, 6.45) is 2.96. The van der Waals surface area contributed by atoms with Crippen LogP contribution in [0.4, 0.5) is 5.69 Å². The van der Waals surface area contributed by atoms with Crippen LogP contribution >= 0.6 is 0 Å². The SMILES string of the molecule is CC(C)Oc1cc2c(cc1N1CCC(N3CCOCC3)CC1)C(C)(C)C1=C(C2=O)c2ccc(C#N)cc2C1. The number of carbonyl (C=O) groups is 1. The number of benzene rings is 2. The predicted molar refractivity (Wildman–Crippen MR) is 149 cm³/mol. The number of fused-ring (bicyclic) bond motifs is 3. The van der Waals surface area contributed by atoms with Gasteiger partial charge < -0.3 is 14.4 Å². The Hall–Kier alpha value is -3.14. The average Bonchev–Trinajstić information content (AvgIpc) is 3.32. The molecule has 198 valence electrons. The summed E-state index contributed by atoms with van der Waals surface area (Å²) in [7, 11) is 0. The number of anilines is 1. The zero-order chi connectivity index (χ0) is 26.6. The van der Waals surface area contributed by atoms with E-state index in [1.54, 1.807) is 0 Å². The van der Waals surface area contributed by atoms with Crippen LogP contribution in [0.25, 0.3) is 5.57 Å². The largest absolute Gasteiger partial charge is 0.489 e. The highest BCUT2D eigenvalue weighted by Gasteiger charge is 2.44. The molecule has 6 heteroatoms. The Balaban J connectivity index is 1.36. The highest BCUT2D eigenvalue weighted by atomic mass is 16.5. The van der Waals surface area contributed by atoms with Crippen LogP contribution < -0.4 is 9.64 Å². The van der Waals surface area contributed by atoms with Crippen LogP contribution in [0.15, 0.2) is 35.9 Å². The Labute approximate surface area is 225 Å². The maximum absolute atomic E-state index is 14.0. The zero-order valence-electron chi connectivity index (χ0n) is 23.0. The summed E-state index contributed by atoms with van der Waals surface area (Å²) >= 11 is 0. The van der Waals surface area contributed by atoms with Gasteiger partial charge in [-0.3, -0.25) is 9.69 Å². The average molecular weight is 512 g/mol. The molecule has 0 N–H and O–H groups in total. The molecule has 2 aliphatic carbocycles. The topological polar surface area (TPSA) is 65.8 Å². The number of morpholine rings is 1. The lowest BCUT2D eigenvalue weighted by atomic mass is 9.68. The lowest BCUT2D eigenvalue weighted by molar-refractivity contribution is 0.0115. The van der Waals surface area contributed by atoms with Crippen molar-refractivity contribution in [1.82, 2.24) is 4.90 Å². The van der Waals surface area contributed by atoms with Crippen LogP contribution in [0.5, 0.6) is 5.75 Å². The minimum atomic E-state index is -0.304. The third-order valence-corrected chi connectivity index (χ3v) is 8.90. The summed E-state index contributed by atoms with van der Waals surface area (Å²) in [5.74, 6) is 0.874. The first-order valence-electron chi connectivity index (χ1n) is 14.0. The van der Waals surface area contributed by atoms with E-state index in [0.717, 1.165) is 97.1 Å². The molecule has 0 unspecified atom stereocenters. The van der Waals surface area contributed by atoms with Crippen molar-refractivity contribution in [3.8, 4) is 11.8 Å². The van der Waals surface area contributed by atoms with Crippen molar-refractivity contribution < 1.29 is 14.3 Å². The number of nitriles is 1. The first-order valence-corrected chi connectivity index (χ1v) is 14.0. The van der Waals surface area contributed by atoms with E-state index >= 15 is 0 Å². The Bertz CT molecular complexity index is 1350. The monoisotopic (exact) mass is 511 g/mol. The van der Waals surface area contributed by atoms with Gasteiger partial charge in [0.15, 0.2) is 5.78 Å². The fourth-order valence-electron chi connectivity index (χ4n) is 6.87. The highest BCUT2D eigenvalue weighted by molar-refractivity contribution is 6.33. The molecule has 2 aromatic carbocycles. The van der Waals surface area contributed by atoms with Gasteiger partial charge in [0, 0.05) is 48.8 Å². The molecule has 0 spiro atoms. The van der Waals surface area contributed by atoms with Gasteiger partial charge in [0.2, 0.25) is 0 Å². The van der Waals surface area contributed by atoms with Crippen LogP contribution in [0.1, 0.15) is 73.1 Å². The van der Waals surface area contributed by atoms with Crippen molar-refractivity contribution in [2.24, 2.45) is 0 Å². The summed E-state index contributed by atoms with van der Waals surface area (Å²) in [5, 5.41) is 9.41. The molecule has 2 aromatic rings. The first-order chi connectivity index (χ1) is 18.3. The zero-order valence-corrected chi connectivity index (χ0v) is 23.0. The number of ketones is 1. The van der Waals surface area contributed by atoms with Crippen LogP contribution in [-0.2, 0) is 16.6 Å². The minimum Gasteiger partial charge on any atom is -0.489 e. The molecule has 6 nitrogen and oxygen atoms in total. The molecule has 0 atom stereocenters. The number of Topliss-reactive ketones (excluding diaryl/α,β-unsaturated/α-hetero) is 1. The molecule has 0 aromatic heterocycles. The van der Waals surface area contributed by atoms with Crippen molar-refractivity contribution in [1.29, 1.82) is 5.26 Å². The second-order valence-electron chi connectivity index (χ2n) is 11.9. The molecule has 2 heterocycles. The smallest absolute Gasteiger partial charge is 0.194 e. The first kappa shape index (κ1) is 25.2. The number of rotatable bonds is 4. The van der Waals surface area contributed by atoms with E-state index in [9.17, 15) is 10.1 Å². The predicted octanol–water partition coefficient (Wildman–Crippen LogP) is 5.13. The fraction of sp³-hybridized carbons (Fsp3) is 0.500.